The molecule has 1 fully saturated rings. The molecule has 25 heavy (non-hydrogen) atoms. The Labute approximate surface area is 153 Å². The van der Waals surface area contributed by atoms with Crippen molar-refractivity contribution in [2.75, 3.05) is 33.2 Å². The predicted molar refractivity (Wildman–Crippen MR) is 104 cm³/mol. The van der Waals surface area contributed by atoms with Crippen LogP contribution in [0.1, 0.15) is 11.3 Å². The normalized spacial score (nSPS) is 20.0. The highest BCUT2D eigenvalue weighted by Gasteiger charge is 2.22. The molecule has 2 aromatic heterocycles. The molecule has 0 amide bonds. The molecule has 4 nitrogen and oxygen atoms in total. The fourth-order valence-corrected chi connectivity index (χ4v) is 4.29. The first-order chi connectivity index (χ1) is 12.3. The van der Waals surface area contributed by atoms with Crippen molar-refractivity contribution in [2.45, 2.75) is 13.0 Å². The van der Waals surface area contributed by atoms with E-state index in [1.807, 2.05) is 11.6 Å². The molecule has 3 aromatic rings. The maximum atomic E-state index is 4.63. The summed E-state index contributed by atoms with van der Waals surface area (Å²) in [5.41, 5.74) is 5.54. The van der Waals surface area contributed by atoms with Crippen molar-refractivity contribution in [3.05, 3.63) is 58.7 Å². The lowest BCUT2D eigenvalue weighted by molar-refractivity contribution is 0.246. The Morgan fingerprint density at radius 2 is 2.08 bits per heavy atom. The minimum absolute atomic E-state index is 0.620. The predicted octanol–water partition coefficient (Wildman–Crippen LogP) is 3.30. The Bertz CT molecular complexity index is 817. The van der Waals surface area contributed by atoms with Gasteiger partial charge in [0, 0.05) is 49.7 Å². The number of thiazole rings is 1. The first kappa shape index (κ1) is 16.6. The van der Waals surface area contributed by atoms with Gasteiger partial charge in [-0.3, -0.25) is 9.88 Å². The summed E-state index contributed by atoms with van der Waals surface area (Å²) >= 11 is 1.68. The van der Waals surface area contributed by atoms with Gasteiger partial charge in [-0.1, -0.05) is 18.2 Å². The van der Waals surface area contributed by atoms with Gasteiger partial charge in [-0.2, -0.15) is 0 Å². The second-order valence-electron chi connectivity index (χ2n) is 7.08. The van der Waals surface area contributed by atoms with Gasteiger partial charge in [-0.15, -0.1) is 11.3 Å². The number of hydrogen-bond donors (Lipinski definition) is 0. The van der Waals surface area contributed by atoms with Crippen LogP contribution in [0.25, 0.3) is 10.9 Å². The van der Waals surface area contributed by atoms with Gasteiger partial charge in [0.05, 0.1) is 16.7 Å². The molecule has 4 rings (SSSR count). The monoisotopic (exact) mass is 352 g/mol. The van der Waals surface area contributed by atoms with E-state index in [-0.39, 0.29) is 0 Å². The van der Waals surface area contributed by atoms with Gasteiger partial charge in [0.15, 0.2) is 0 Å². The van der Waals surface area contributed by atoms with E-state index in [9.17, 15) is 0 Å². The third-order valence-electron chi connectivity index (χ3n) is 4.92. The Morgan fingerprint density at radius 1 is 1.16 bits per heavy atom. The number of aromatic nitrogens is 2. The molecule has 0 N–H and O–H groups in total. The van der Waals surface area contributed by atoms with Crippen LogP contribution in [0.3, 0.4) is 0 Å². The fourth-order valence-electron chi connectivity index (χ4n) is 3.74. The second kappa shape index (κ2) is 7.60. The van der Waals surface area contributed by atoms with E-state index in [1.165, 1.54) is 16.6 Å². The zero-order valence-corrected chi connectivity index (χ0v) is 15.5. The van der Waals surface area contributed by atoms with Gasteiger partial charge in [0.25, 0.3) is 0 Å². The van der Waals surface area contributed by atoms with Crippen LogP contribution in [0, 0.1) is 5.92 Å². The molecular weight excluding hydrogens is 328 g/mol. The summed E-state index contributed by atoms with van der Waals surface area (Å²) in [6.45, 7) is 5.45. The van der Waals surface area contributed by atoms with Crippen LogP contribution in [0.2, 0.25) is 0 Å². The average molecular weight is 353 g/mol. The van der Waals surface area contributed by atoms with Crippen LogP contribution < -0.4 is 0 Å². The van der Waals surface area contributed by atoms with E-state index < -0.39 is 0 Å². The lowest BCUT2D eigenvalue weighted by Gasteiger charge is -2.23. The van der Waals surface area contributed by atoms with Gasteiger partial charge in [0.2, 0.25) is 0 Å². The van der Waals surface area contributed by atoms with Crippen molar-refractivity contribution >= 4 is 22.2 Å². The highest BCUT2D eigenvalue weighted by Crippen LogP contribution is 2.19. The van der Waals surface area contributed by atoms with Crippen LogP contribution in [-0.4, -0.2) is 53.0 Å². The van der Waals surface area contributed by atoms with Crippen molar-refractivity contribution in [3.63, 3.8) is 0 Å². The van der Waals surface area contributed by atoms with Gasteiger partial charge < -0.3 is 4.90 Å². The summed E-state index contributed by atoms with van der Waals surface area (Å²) < 4.78 is 0. The minimum atomic E-state index is 0.620. The largest absolute Gasteiger partial charge is 0.305 e. The average Bonchev–Trinajstić information content (AvgIpc) is 3.06. The van der Waals surface area contributed by atoms with Gasteiger partial charge in [-0.05, 0) is 37.1 Å². The zero-order chi connectivity index (χ0) is 17.1. The van der Waals surface area contributed by atoms with Crippen molar-refractivity contribution in [3.8, 4) is 0 Å². The molecule has 0 aliphatic carbocycles. The number of nitrogens with zero attached hydrogens (tertiary/aromatic N) is 4. The molecule has 1 aliphatic heterocycles. The van der Waals surface area contributed by atoms with E-state index >= 15 is 0 Å². The van der Waals surface area contributed by atoms with Crippen molar-refractivity contribution in [1.29, 1.82) is 0 Å². The maximum Gasteiger partial charge on any atom is 0.0795 e. The van der Waals surface area contributed by atoms with Crippen LogP contribution in [0.4, 0.5) is 0 Å². The number of rotatable bonds is 4. The summed E-state index contributed by atoms with van der Waals surface area (Å²) in [6.07, 6.45) is 3.13. The Balaban J connectivity index is 1.48. The van der Waals surface area contributed by atoms with Crippen molar-refractivity contribution in [2.24, 2.45) is 5.92 Å². The molecule has 0 radical (unpaired) electrons. The summed E-state index contributed by atoms with van der Waals surface area (Å²) in [6, 6.07) is 10.7. The van der Waals surface area contributed by atoms with Gasteiger partial charge in [-0.25, -0.2) is 4.98 Å². The van der Waals surface area contributed by atoms with Crippen molar-refractivity contribution < 1.29 is 0 Å². The number of likely N-dealkylation sites (N-methyl/N-ethyl adjacent to an activating group) is 1. The lowest BCUT2D eigenvalue weighted by atomic mass is 9.98. The van der Waals surface area contributed by atoms with E-state index in [1.54, 1.807) is 11.3 Å². The quantitative estimate of drug-likeness (QED) is 0.721. The Hall–Kier alpha value is -1.82. The molecule has 0 spiro atoms. The van der Waals surface area contributed by atoms with Crippen LogP contribution >= 0.6 is 11.3 Å². The summed E-state index contributed by atoms with van der Waals surface area (Å²) in [4.78, 5) is 14.1. The van der Waals surface area contributed by atoms with Gasteiger partial charge in [0.1, 0.15) is 0 Å². The van der Waals surface area contributed by atoms with Crippen LogP contribution in [0.5, 0.6) is 0 Å². The topological polar surface area (TPSA) is 32.3 Å². The van der Waals surface area contributed by atoms with Gasteiger partial charge >= 0.3 is 0 Å². The van der Waals surface area contributed by atoms with E-state index in [0.29, 0.717) is 5.92 Å². The Kier molecular flexibility index (Phi) is 5.06. The zero-order valence-electron chi connectivity index (χ0n) is 14.6. The van der Waals surface area contributed by atoms with E-state index in [0.717, 1.165) is 44.7 Å². The van der Waals surface area contributed by atoms with Crippen molar-refractivity contribution in [1.82, 2.24) is 19.8 Å². The third kappa shape index (κ3) is 4.24. The molecule has 0 bridgehead atoms. The minimum Gasteiger partial charge on any atom is -0.305 e. The number of benzene rings is 1. The first-order valence-corrected chi connectivity index (χ1v) is 9.82. The molecule has 5 heteroatoms. The number of fused-ring (bicyclic) bond motifs is 1. The van der Waals surface area contributed by atoms with Crippen LogP contribution in [0.15, 0.2) is 47.4 Å². The van der Waals surface area contributed by atoms with E-state index in [2.05, 4.69) is 62.7 Å². The molecule has 1 atom stereocenters. The second-order valence-corrected chi connectivity index (χ2v) is 7.80. The molecular formula is C20H24N4S. The number of hydrogen-bond acceptors (Lipinski definition) is 5. The standard InChI is InChI=1S/C20H24N4S/c1-23-6-7-24(13-19-14-25-15-22-19)12-17(11-23)8-16-9-18-4-2-3-5-20(18)21-10-16/h2-5,9-10,14-15,17H,6-8,11-13H2,1H3/t17-/m1/s1. The fraction of sp³-hybridized carbons (Fsp3) is 0.400. The molecule has 1 aliphatic rings. The molecule has 1 saturated heterocycles. The number of pyridine rings is 1. The smallest absolute Gasteiger partial charge is 0.0795 e. The summed E-state index contributed by atoms with van der Waals surface area (Å²) in [5, 5.41) is 3.40. The molecule has 0 saturated carbocycles. The molecule has 1 aromatic carbocycles. The third-order valence-corrected chi connectivity index (χ3v) is 5.56. The van der Waals surface area contributed by atoms with E-state index in [4.69, 9.17) is 0 Å². The highest BCUT2D eigenvalue weighted by atomic mass is 32.1. The SMILES string of the molecule is CN1CCN(Cc2cscn2)C[C@H](Cc2cnc3ccccc3c2)C1. The first-order valence-electron chi connectivity index (χ1n) is 8.88. The summed E-state index contributed by atoms with van der Waals surface area (Å²) in [5.74, 6) is 0.620. The number of para-hydroxylation sites is 1. The molecule has 130 valence electrons. The lowest BCUT2D eigenvalue weighted by Crippen LogP contribution is -2.30. The molecule has 3 heterocycles. The summed E-state index contributed by atoms with van der Waals surface area (Å²) in [7, 11) is 2.23. The molecule has 0 unspecified atom stereocenters. The highest BCUT2D eigenvalue weighted by molar-refractivity contribution is 7.07. The Morgan fingerprint density at radius 3 is 2.96 bits per heavy atom. The van der Waals surface area contributed by atoms with Crippen LogP contribution in [-0.2, 0) is 13.0 Å². The maximum absolute atomic E-state index is 4.63.